The van der Waals surface area contributed by atoms with Crippen molar-refractivity contribution in [2.75, 3.05) is 48.3 Å². The molecule has 0 amide bonds. The maximum atomic E-state index is 6.45. The lowest BCUT2D eigenvalue weighted by Gasteiger charge is -2.37. The Kier molecular flexibility index (Phi) is 12.1. The molecule has 226 valence electrons. The summed E-state index contributed by atoms with van der Waals surface area (Å²) in [4.78, 5) is 0. The summed E-state index contributed by atoms with van der Waals surface area (Å²) in [6.07, 6.45) is -2.80. The molecule has 0 aromatic heterocycles. The smallest absolute Gasteiger partial charge is 0.192 e. The van der Waals surface area contributed by atoms with E-state index in [0.717, 1.165) is 0 Å². The van der Waals surface area contributed by atoms with Crippen molar-refractivity contribution in [3.63, 3.8) is 0 Å². The van der Waals surface area contributed by atoms with Gasteiger partial charge in [-0.3, -0.25) is 0 Å². The van der Waals surface area contributed by atoms with E-state index in [0.29, 0.717) is 13.2 Å². The first-order valence-electron chi connectivity index (χ1n) is 13.8. The zero-order valence-electron chi connectivity index (χ0n) is 26.4. The van der Waals surface area contributed by atoms with Gasteiger partial charge in [0.25, 0.3) is 0 Å². The lowest BCUT2D eigenvalue weighted by molar-refractivity contribution is -0.194. The summed E-state index contributed by atoms with van der Waals surface area (Å²) in [6, 6.07) is 0. The normalized spacial score (nSPS) is 33.3. The van der Waals surface area contributed by atoms with E-state index >= 15 is 0 Å². The van der Waals surface area contributed by atoms with Crippen LogP contribution in [0.5, 0.6) is 0 Å². The molecule has 0 unspecified atom stereocenters. The van der Waals surface area contributed by atoms with Crippen molar-refractivity contribution in [2.24, 2.45) is 0 Å². The molecule has 2 saturated heterocycles. The SMILES string of the molecule is CO[C@@H]1[C@H](OC)[C@@H](CO[Si](C)(C)C(C)(C)C)O[C@@H]1CO[C@H]1O[C@H](CO[Si](C)(C)C(C)(C)C)[C@@H](OC)[C@H]1OC. The summed E-state index contributed by atoms with van der Waals surface area (Å²) in [5.41, 5.74) is 0. The predicted molar refractivity (Wildman–Crippen MR) is 153 cm³/mol. The first-order valence-corrected chi connectivity index (χ1v) is 19.6. The van der Waals surface area contributed by atoms with Crippen LogP contribution >= 0.6 is 0 Å². The van der Waals surface area contributed by atoms with Gasteiger partial charge in [-0.25, -0.2) is 0 Å². The topological polar surface area (TPSA) is 83.1 Å². The van der Waals surface area contributed by atoms with E-state index in [1.807, 2.05) is 0 Å². The van der Waals surface area contributed by atoms with Crippen molar-refractivity contribution >= 4 is 16.6 Å². The standard InChI is InChI=1S/C27H56O9Si2/c1-26(2,3)37(11,12)33-16-19-22(29-8)21(28-7)18(35-19)15-32-25-24(31-10)23(30-9)20(36-25)17-34-38(13,14)27(4,5)6/h18-25H,15-17H2,1-14H3/t18-,19-,20-,21+,22-,23-,24-,25+/m1/s1. The van der Waals surface area contributed by atoms with E-state index in [2.05, 4.69) is 67.7 Å². The number of hydrogen-bond acceptors (Lipinski definition) is 9. The molecule has 2 aliphatic heterocycles. The van der Waals surface area contributed by atoms with Crippen molar-refractivity contribution in [2.45, 2.75) is 127 Å². The van der Waals surface area contributed by atoms with Gasteiger partial charge < -0.3 is 42.0 Å². The Morgan fingerprint density at radius 2 is 0.868 bits per heavy atom. The Morgan fingerprint density at radius 3 is 1.24 bits per heavy atom. The molecule has 0 spiro atoms. The van der Waals surface area contributed by atoms with Crippen LogP contribution < -0.4 is 0 Å². The first kappa shape index (κ1) is 34.3. The van der Waals surface area contributed by atoms with Gasteiger partial charge in [-0.2, -0.15) is 0 Å². The molecule has 38 heavy (non-hydrogen) atoms. The molecule has 11 heteroatoms. The average molecular weight is 581 g/mol. The fourth-order valence-corrected chi connectivity index (χ4v) is 6.37. The van der Waals surface area contributed by atoms with E-state index in [4.69, 9.17) is 42.0 Å². The van der Waals surface area contributed by atoms with Crippen LogP contribution in [0.2, 0.25) is 36.3 Å². The zero-order valence-corrected chi connectivity index (χ0v) is 28.4. The van der Waals surface area contributed by atoms with Crippen LogP contribution in [0.15, 0.2) is 0 Å². The Hall–Kier alpha value is 0.0738. The Morgan fingerprint density at radius 1 is 0.526 bits per heavy atom. The largest absolute Gasteiger partial charge is 0.414 e. The first-order chi connectivity index (χ1) is 17.4. The van der Waals surface area contributed by atoms with Gasteiger partial charge >= 0.3 is 0 Å². The third-order valence-electron chi connectivity index (χ3n) is 9.02. The highest BCUT2D eigenvalue weighted by molar-refractivity contribution is 6.74. The van der Waals surface area contributed by atoms with Crippen molar-refractivity contribution in [1.82, 2.24) is 0 Å². The van der Waals surface area contributed by atoms with Crippen molar-refractivity contribution in [3.8, 4) is 0 Å². The molecule has 2 fully saturated rings. The third-order valence-corrected chi connectivity index (χ3v) is 18.0. The van der Waals surface area contributed by atoms with Gasteiger partial charge in [0.05, 0.1) is 19.8 Å². The predicted octanol–water partition coefficient (Wildman–Crippen LogP) is 4.60. The molecular formula is C27H56O9Si2. The van der Waals surface area contributed by atoms with E-state index in [1.54, 1.807) is 28.4 Å². The Bertz CT molecular complexity index is 662. The van der Waals surface area contributed by atoms with Crippen LogP contribution in [0.1, 0.15) is 41.5 Å². The second kappa shape index (κ2) is 13.4. The number of rotatable bonds is 13. The fourth-order valence-electron chi connectivity index (χ4n) is 4.34. The molecule has 0 radical (unpaired) electrons. The van der Waals surface area contributed by atoms with Crippen LogP contribution in [0.25, 0.3) is 0 Å². The van der Waals surface area contributed by atoms with E-state index < -0.39 is 29.0 Å². The van der Waals surface area contributed by atoms with Gasteiger partial charge in [-0.1, -0.05) is 41.5 Å². The Balaban J connectivity index is 2.05. The van der Waals surface area contributed by atoms with Gasteiger partial charge in [0, 0.05) is 28.4 Å². The van der Waals surface area contributed by atoms with Crippen molar-refractivity contribution < 1.29 is 42.0 Å². The number of ether oxygens (including phenoxy) is 7. The van der Waals surface area contributed by atoms with E-state index in [-0.39, 0.29) is 53.3 Å². The Labute approximate surface area is 233 Å². The fraction of sp³-hybridized carbons (Fsp3) is 1.00. The molecule has 0 bridgehead atoms. The summed E-state index contributed by atoms with van der Waals surface area (Å²) in [7, 11) is 2.77. The highest BCUT2D eigenvalue weighted by Crippen LogP contribution is 2.39. The second-order valence-electron chi connectivity index (χ2n) is 13.5. The lowest BCUT2D eigenvalue weighted by Crippen LogP contribution is -2.45. The van der Waals surface area contributed by atoms with Gasteiger partial charge in [0.15, 0.2) is 22.9 Å². The number of hydrogen-bond donors (Lipinski definition) is 0. The molecule has 0 N–H and O–H groups in total. The van der Waals surface area contributed by atoms with Gasteiger partial charge in [0.1, 0.15) is 42.7 Å². The van der Waals surface area contributed by atoms with Crippen LogP contribution in [-0.4, -0.2) is 114 Å². The lowest BCUT2D eigenvalue weighted by atomic mass is 10.1. The minimum atomic E-state index is -1.95. The van der Waals surface area contributed by atoms with E-state index in [9.17, 15) is 0 Å². The summed E-state index contributed by atoms with van der Waals surface area (Å²) in [6.45, 7) is 23.4. The zero-order chi connectivity index (χ0) is 29.1. The summed E-state index contributed by atoms with van der Waals surface area (Å²) in [5, 5.41) is 0.206. The average Bonchev–Trinajstić information content (AvgIpc) is 3.34. The van der Waals surface area contributed by atoms with Crippen LogP contribution in [0.4, 0.5) is 0 Å². The van der Waals surface area contributed by atoms with Crippen LogP contribution in [0.3, 0.4) is 0 Å². The molecule has 0 saturated carbocycles. The van der Waals surface area contributed by atoms with Crippen LogP contribution in [0, 0.1) is 0 Å². The monoisotopic (exact) mass is 580 g/mol. The molecule has 0 aliphatic carbocycles. The summed E-state index contributed by atoms with van der Waals surface area (Å²) in [5.74, 6) is 0. The highest BCUT2D eigenvalue weighted by atomic mass is 28.4. The summed E-state index contributed by atoms with van der Waals surface area (Å²) >= 11 is 0. The quantitative estimate of drug-likeness (QED) is 0.290. The third kappa shape index (κ3) is 7.87. The minimum Gasteiger partial charge on any atom is -0.414 e. The minimum absolute atomic E-state index is 0.0996. The van der Waals surface area contributed by atoms with Crippen LogP contribution in [-0.2, 0) is 42.0 Å². The maximum absolute atomic E-state index is 6.45. The molecule has 0 aromatic rings. The molecule has 0 aromatic carbocycles. The molecule has 8 atom stereocenters. The van der Waals surface area contributed by atoms with Gasteiger partial charge in [-0.15, -0.1) is 0 Å². The molecule has 2 heterocycles. The molecule has 9 nitrogen and oxygen atoms in total. The second-order valence-corrected chi connectivity index (χ2v) is 23.2. The van der Waals surface area contributed by atoms with E-state index in [1.165, 1.54) is 0 Å². The van der Waals surface area contributed by atoms with Gasteiger partial charge in [0.2, 0.25) is 0 Å². The van der Waals surface area contributed by atoms with Crippen molar-refractivity contribution in [3.05, 3.63) is 0 Å². The molecule has 2 rings (SSSR count). The maximum Gasteiger partial charge on any atom is 0.192 e. The summed E-state index contributed by atoms with van der Waals surface area (Å²) < 4.78 is 55.0. The number of methoxy groups -OCH3 is 4. The highest BCUT2D eigenvalue weighted by Gasteiger charge is 2.51. The molecular weight excluding hydrogens is 524 g/mol. The van der Waals surface area contributed by atoms with Gasteiger partial charge in [-0.05, 0) is 36.3 Å². The van der Waals surface area contributed by atoms with Crippen molar-refractivity contribution in [1.29, 1.82) is 0 Å². The molecule has 2 aliphatic rings.